The van der Waals surface area contributed by atoms with Crippen molar-refractivity contribution in [3.63, 3.8) is 0 Å². The number of carbonyl (C=O) groups excluding carboxylic acids is 5. The molecule has 316 valence electrons. The van der Waals surface area contributed by atoms with Gasteiger partial charge in [-0.25, -0.2) is 0 Å². The van der Waals surface area contributed by atoms with Crippen LogP contribution in [0.15, 0.2) is 47.5 Å². The molecule has 1 amide bonds. The van der Waals surface area contributed by atoms with Crippen LogP contribution >= 0.6 is 0 Å². The summed E-state index contributed by atoms with van der Waals surface area (Å²) in [4.78, 5) is 79.9. The van der Waals surface area contributed by atoms with E-state index in [4.69, 9.17) is 18.9 Å². The number of amides is 1. The average molecular weight is 828 g/mol. The topological polar surface area (TPSA) is 242 Å². The number of aliphatic hydroxyl groups is 3. The number of nitrogens with zero attached hydrogens (tertiary/aromatic N) is 3. The largest absolute Gasteiger partial charge is 0.507 e. The number of piperazine rings is 1. The molecule has 2 heterocycles. The fourth-order valence-corrected chi connectivity index (χ4v) is 9.77. The van der Waals surface area contributed by atoms with Gasteiger partial charge in [-0.3, -0.25) is 29.0 Å². The van der Waals surface area contributed by atoms with E-state index in [-0.39, 0.29) is 35.5 Å². The molecule has 3 aliphatic carbocycles. The standard InChI is InChI=1S/C43H45N3O14/c1-19-15-21-16-27(48)43(59-5)39(54)30-24(17-23-29(33(30)50)26(47)18-25(32(23)49)44-40-37(58-4)35(52)36(57-3)20(2)60-40)38(53)42(43,56)31(21)34(51)28(19)41(55)46-13-11-45(12-14-46)22-9-7-6-8-10-22/h6-10,15,17,20,27,35-37,40,48,50-52,56H,11-14,16,18H2,1-5H3/t20-,27+,35+,36-,37+,40?,42-,43+/m0/s1. The molecule has 3 aromatic carbocycles. The molecule has 0 spiro atoms. The summed E-state index contributed by atoms with van der Waals surface area (Å²) in [5.41, 5.74) is -8.63. The second-order valence-electron chi connectivity index (χ2n) is 15.8. The number of rotatable bonds is 6. The third-order valence-electron chi connectivity index (χ3n) is 12.7. The van der Waals surface area contributed by atoms with Crippen LogP contribution < -0.4 is 4.90 Å². The van der Waals surface area contributed by atoms with Crippen molar-refractivity contribution in [2.75, 3.05) is 52.4 Å². The summed E-state index contributed by atoms with van der Waals surface area (Å²) in [5, 5.41) is 59.2. The highest BCUT2D eigenvalue weighted by molar-refractivity contribution is 6.53. The van der Waals surface area contributed by atoms with E-state index in [1.54, 1.807) is 13.8 Å². The van der Waals surface area contributed by atoms with E-state index in [0.717, 1.165) is 18.9 Å². The third kappa shape index (κ3) is 5.71. The van der Waals surface area contributed by atoms with Gasteiger partial charge in [0.05, 0.1) is 41.0 Å². The van der Waals surface area contributed by atoms with Gasteiger partial charge in [-0.1, -0.05) is 24.3 Å². The first-order valence-electron chi connectivity index (χ1n) is 19.5. The second-order valence-corrected chi connectivity index (χ2v) is 15.8. The molecular weight excluding hydrogens is 782 g/mol. The number of aromatic hydroxyl groups is 2. The first-order chi connectivity index (χ1) is 28.6. The number of carbonyl (C=O) groups is 5. The molecule has 17 nitrogen and oxygen atoms in total. The zero-order valence-electron chi connectivity index (χ0n) is 33.5. The van der Waals surface area contributed by atoms with Crippen molar-refractivity contribution in [2.45, 2.75) is 74.6 Å². The molecule has 8 rings (SSSR count). The number of anilines is 1. The smallest absolute Gasteiger partial charge is 0.258 e. The Balaban J connectivity index is 1.21. The van der Waals surface area contributed by atoms with Gasteiger partial charge in [0, 0.05) is 76.3 Å². The molecule has 17 heteroatoms. The van der Waals surface area contributed by atoms with Gasteiger partial charge < -0.3 is 54.3 Å². The van der Waals surface area contributed by atoms with Gasteiger partial charge in [-0.15, -0.1) is 0 Å². The molecule has 0 aromatic heterocycles. The van der Waals surface area contributed by atoms with Crippen molar-refractivity contribution in [1.82, 2.24) is 4.90 Å². The monoisotopic (exact) mass is 827 g/mol. The number of Topliss-reactive ketones (excluding diaryl/α,β-unsaturated/α-hetero) is 4. The molecule has 3 aromatic rings. The number of para-hydroxylation sites is 1. The van der Waals surface area contributed by atoms with Gasteiger partial charge in [0.2, 0.25) is 17.3 Å². The number of phenols is 2. The lowest BCUT2D eigenvalue weighted by atomic mass is 9.56. The van der Waals surface area contributed by atoms with E-state index in [2.05, 4.69) is 9.89 Å². The second kappa shape index (κ2) is 14.9. The van der Waals surface area contributed by atoms with Gasteiger partial charge in [-0.05, 0) is 43.2 Å². The maximum Gasteiger partial charge on any atom is 0.258 e. The fourth-order valence-electron chi connectivity index (χ4n) is 9.77. The molecule has 0 bridgehead atoms. The van der Waals surface area contributed by atoms with Crippen molar-refractivity contribution in [3.8, 4) is 11.5 Å². The normalized spacial score (nSPS) is 30.8. The van der Waals surface area contributed by atoms with E-state index >= 15 is 4.79 Å². The van der Waals surface area contributed by atoms with Crippen molar-refractivity contribution in [2.24, 2.45) is 4.99 Å². The van der Waals surface area contributed by atoms with Crippen LogP contribution in [0.5, 0.6) is 11.5 Å². The molecule has 2 fully saturated rings. The minimum atomic E-state index is -3.23. The van der Waals surface area contributed by atoms with Crippen molar-refractivity contribution in [1.29, 1.82) is 0 Å². The highest BCUT2D eigenvalue weighted by Gasteiger charge is 2.72. The maximum absolute atomic E-state index is 15.0. The van der Waals surface area contributed by atoms with Crippen LogP contribution in [0.1, 0.15) is 81.8 Å². The number of hydrogen-bond donors (Lipinski definition) is 5. The number of hydrogen-bond acceptors (Lipinski definition) is 16. The van der Waals surface area contributed by atoms with Crippen molar-refractivity contribution >= 4 is 40.4 Å². The Morgan fingerprint density at radius 3 is 2.18 bits per heavy atom. The summed E-state index contributed by atoms with van der Waals surface area (Å²) in [7, 11) is 3.63. The Morgan fingerprint density at radius 1 is 0.883 bits per heavy atom. The Hall–Kier alpha value is -5.40. The van der Waals surface area contributed by atoms with Crippen LogP contribution in [0.4, 0.5) is 5.69 Å². The van der Waals surface area contributed by atoms with E-state index in [0.29, 0.717) is 13.1 Å². The minimum absolute atomic E-state index is 0.0397. The summed E-state index contributed by atoms with van der Waals surface area (Å²) >= 11 is 0. The molecule has 2 saturated heterocycles. The minimum Gasteiger partial charge on any atom is -0.507 e. The molecule has 0 radical (unpaired) electrons. The van der Waals surface area contributed by atoms with E-state index in [9.17, 15) is 44.7 Å². The van der Waals surface area contributed by atoms with E-state index < -0.39 is 129 Å². The van der Waals surface area contributed by atoms with Gasteiger partial charge in [-0.2, -0.15) is 0 Å². The Morgan fingerprint density at radius 2 is 1.55 bits per heavy atom. The number of ketones is 4. The van der Waals surface area contributed by atoms with Crippen LogP contribution in [0, 0.1) is 6.92 Å². The van der Waals surface area contributed by atoms with Gasteiger partial charge >= 0.3 is 0 Å². The van der Waals surface area contributed by atoms with Crippen molar-refractivity contribution in [3.05, 3.63) is 87.0 Å². The van der Waals surface area contributed by atoms with Gasteiger partial charge in [0.15, 0.2) is 23.2 Å². The summed E-state index contributed by atoms with van der Waals surface area (Å²) in [6, 6.07) is 12.0. The number of phenolic OH excluding ortho intramolecular Hbond substituents is 2. The zero-order chi connectivity index (χ0) is 43.2. The lowest BCUT2D eigenvalue weighted by Gasteiger charge is -2.53. The Bertz CT molecular complexity index is 2380. The number of benzene rings is 3. The number of aliphatic imine (C=N–C) groups is 1. The summed E-state index contributed by atoms with van der Waals surface area (Å²) < 4.78 is 22.3. The predicted molar refractivity (Wildman–Crippen MR) is 210 cm³/mol. The average Bonchev–Trinajstić information content (AvgIpc) is 3.22. The van der Waals surface area contributed by atoms with Gasteiger partial charge in [0.1, 0.15) is 29.8 Å². The number of aliphatic hydroxyl groups excluding tert-OH is 2. The van der Waals surface area contributed by atoms with Crippen molar-refractivity contribution < 1.29 is 68.5 Å². The number of fused-ring (bicyclic) bond motifs is 5. The molecular formula is C43H45N3O14. The fraction of sp³-hybridized carbons (Fsp3) is 0.442. The molecule has 2 aliphatic heterocycles. The highest BCUT2D eigenvalue weighted by atomic mass is 16.6. The third-order valence-corrected chi connectivity index (χ3v) is 12.7. The molecule has 5 N–H and O–H groups in total. The summed E-state index contributed by atoms with van der Waals surface area (Å²) in [5.74, 6) is -6.93. The number of aryl methyl sites for hydroxylation is 1. The Labute approximate surface area is 343 Å². The van der Waals surface area contributed by atoms with Crippen LogP contribution in [-0.2, 0) is 31.0 Å². The SMILES string of the molecule is CO[C@@H]1[C@@H](O)[C@@H](OC)C(N=C2CC(=O)c3c(cc4c(c3O)C(=O)[C@]3(OC)[C@H](O)Cc5cc(C)c(C(=O)N6CCN(c7ccccc7)CC6)c(O)c5[C@]3(O)C4=O)C2=O)O[C@H]1C. The zero-order valence-corrected chi connectivity index (χ0v) is 33.5. The first-order valence-corrected chi connectivity index (χ1v) is 19.5. The lowest BCUT2D eigenvalue weighted by Crippen LogP contribution is -2.73. The predicted octanol–water partition coefficient (Wildman–Crippen LogP) is 1.28. The summed E-state index contributed by atoms with van der Waals surface area (Å²) in [6.45, 7) is 4.67. The molecule has 60 heavy (non-hydrogen) atoms. The Kier molecular flexibility index (Phi) is 10.3. The quantitative estimate of drug-likeness (QED) is 0.235. The van der Waals surface area contributed by atoms with Crippen LogP contribution in [0.25, 0.3) is 0 Å². The molecule has 5 aliphatic rings. The first kappa shape index (κ1) is 41.3. The maximum atomic E-state index is 15.0. The lowest BCUT2D eigenvalue weighted by molar-refractivity contribution is -0.228. The van der Waals surface area contributed by atoms with Crippen LogP contribution in [-0.4, -0.2) is 155 Å². The number of ether oxygens (including phenoxy) is 4. The van der Waals surface area contributed by atoms with E-state index in [1.807, 2.05) is 30.3 Å². The summed E-state index contributed by atoms with van der Waals surface area (Å²) in [6.07, 6.45) is -8.24. The molecule has 1 unspecified atom stereocenters. The van der Waals surface area contributed by atoms with Crippen LogP contribution in [0.3, 0.4) is 0 Å². The van der Waals surface area contributed by atoms with E-state index in [1.165, 1.54) is 25.2 Å². The molecule has 0 saturated carbocycles. The van der Waals surface area contributed by atoms with Crippen LogP contribution in [0.2, 0.25) is 0 Å². The highest BCUT2D eigenvalue weighted by Crippen LogP contribution is 2.56. The molecule has 8 atom stereocenters. The van der Waals surface area contributed by atoms with Gasteiger partial charge in [0.25, 0.3) is 5.91 Å². The number of methoxy groups -OCH3 is 3.